The van der Waals surface area contributed by atoms with Gasteiger partial charge in [0.1, 0.15) is 22.6 Å². The van der Waals surface area contributed by atoms with Gasteiger partial charge in [-0.05, 0) is 37.4 Å². The molecule has 0 amide bonds. The molecule has 1 rings (SSSR count). The lowest BCUT2D eigenvalue weighted by atomic mass is 9.94. The highest BCUT2D eigenvalue weighted by atomic mass is 79.9. The molecule has 29 heavy (non-hydrogen) atoms. The topological polar surface area (TPSA) is 55.4 Å². The van der Waals surface area contributed by atoms with Crippen LogP contribution >= 0.6 is 28.6 Å². The molecule has 1 aromatic rings. The summed E-state index contributed by atoms with van der Waals surface area (Å²) in [4.78, 5) is 14.3. The van der Waals surface area contributed by atoms with Gasteiger partial charge in [-0.3, -0.25) is 4.79 Å². The minimum absolute atomic E-state index is 0.229. The Labute approximate surface area is 193 Å². The van der Waals surface area contributed by atoms with Crippen molar-refractivity contribution in [2.75, 3.05) is 0 Å². The average molecular weight is 507 g/mol. The third kappa shape index (κ3) is 13.1. The summed E-state index contributed by atoms with van der Waals surface area (Å²) in [6.07, 6.45) is 3.24. The number of rotatable bonds is 7. The molecule has 0 spiro atoms. The van der Waals surface area contributed by atoms with Crippen LogP contribution in [0.1, 0.15) is 66.9 Å². The molecule has 0 saturated heterocycles. The minimum Gasteiger partial charge on any atom is -0.459 e. The molecule has 3 atom stereocenters. The lowest BCUT2D eigenvalue weighted by molar-refractivity contribution is -0.157. The molecule has 0 heterocycles. The number of benzene rings is 1. The second-order valence-corrected chi connectivity index (χ2v) is 8.95. The number of nitrogens with one attached hydrogen (secondary N) is 1. The van der Waals surface area contributed by atoms with Crippen molar-refractivity contribution >= 4 is 45.5 Å². The highest BCUT2D eigenvalue weighted by Crippen LogP contribution is 2.23. The van der Waals surface area contributed by atoms with Crippen molar-refractivity contribution in [2.24, 2.45) is 0 Å². The van der Waals surface area contributed by atoms with Gasteiger partial charge in [-0.2, -0.15) is 0 Å². The summed E-state index contributed by atoms with van der Waals surface area (Å²) in [6.45, 7) is 15.3. The zero-order chi connectivity index (χ0) is 23.0. The van der Waals surface area contributed by atoms with E-state index in [4.69, 9.17) is 4.74 Å². The van der Waals surface area contributed by atoms with Crippen LogP contribution in [0, 0.1) is 0 Å². The molecule has 0 aliphatic rings. The van der Waals surface area contributed by atoms with Crippen molar-refractivity contribution in [1.29, 1.82) is 0 Å². The fourth-order valence-electron chi connectivity index (χ4n) is 2.02. The van der Waals surface area contributed by atoms with Crippen LogP contribution in [0.15, 0.2) is 51.7 Å². The summed E-state index contributed by atoms with van der Waals surface area (Å²) in [7, 11) is -1.64. The van der Waals surface area contributed by atoms with Crippen molar-refractivity contribution in [3.8, 4) is 0 Å². The summed E-state index contributed by atoms with van der Waals surface area (Å²) in [5.41, 5.74) is 0.320. The van der Waals surface area contributed by atoms with Gasteiger partial charge < -0.3 is 4.74 Å². The fourth-order valence-corrected chi connectivity index (χ4v) is 3.28. The SMILES string of the molecule is CC.CC.CC(c1ccccc1)C(NS(=O)/C(S)=C/C=C/Br)C(=O)OC(C)(C)C. The van der Waals surface area contributed by atoms with E-state index in [0.717, 1.165) is 5.56 Å². The van der Waals surface area contributed by atoms with Gasteiger partial charge in [-0.25, -0.2) is 8.93 Å². The number of allylic oxidation sites excluding steroid dienone is 2. The molecule has 1 aromatic carbocycles. The number of thiol groups is 1. The maximum absolute atomic E-state index is 12.7. The predicted octanol–water partition coefficient (Wildman–Crippen LogP) is 6.49. The average Bonchev–Trinajstić information content (AvgIpc) is 2.71. The van der Waals surface area contributed by atoms with Gasteiger partial charge in [0.05, 0.1) is 4.24 Å². The van der Waals surface area contributed by atoms with Gasteiger partial charge in [-0.1, -0.05) is 87.0 Å². The summed E-state index contributed by atoms with van der Waals surface area (Å²) in [6, 6.07) is 8.80. The Morgan fingerprint density at radius 3 is 2.14 bits per heavy atom. The summed E-state index contributed by atoms with van der Waals surface area (Å²) in [5, 5.41) is 0. The van der Waals surface area contributed by atoms with Crippen LogP contribution in [0.25, 0.3) is 0 Å². The van der Waals surface area contributed by atoms with E-state index in [0.29, 0.717) is 4.24 Å². The smallest absolute Gasteiger partial charge is 0.325 e. The van der Waals surface area contributed by atoms with Crippen LogP contribution in [0.2, 0.25) is 0 Å². The van der Waals surface area contributed by atoms with E-state index in [2.05, 4.69) is 33.3 Å². The van der Waals surface area contributed by atoms with E-state index in [1.807, 2.05) is 65.0 Å². The molecule has 0 saturated carbocycles. The van der Waals surface area contributed by atoms with Gasteiger partial charge in [0.2, 0.25) is 0 Å². The first-order valence-electron chi connectivity index (χ1n) is 9.77. The summed E-state index contributed by atoms with van der Waals surface area (Å²) >= 11 is 7.35. The molecule has 0 aromatic heterocycles. The first-order chi connectivity index (χ1) is 13.7. The van der Waals surface area contributed by atoms with E-state index in [1.165, 1.54) is 0 Å². The molecular formula is C22H36BrNO3S2. The van der Waals surface area contributed by atoms with Gasteiger partial charge in [0.25, 0.3) is 0 Å². The largest absolute Gasteiger partial charge is 0.459 e. The number of carbonyl (C=O) groups excluding carboxylic acids is 1. The lowest BCUT2D eigenvalue weighted by Gasteiger charge is -2.28. The van der Waals surface area contributed by atoms with Gasteiger partial charge in [0, 0.05) is 5.92 Å². The van der Waals surface area contributed by atoms with Crippen molar-refractivity contribution in [1.82, 2.24) is 4.72 Å². The molecule has 0 fully saturated rings. The van der Waals surface area contributed by atoms with Crippen molar-refractivity contribution in [3.63, 3.8) is 0 Å². The number of hydrogen-bond donors (Lipinski definition) is 2. The second-order valence-electron chi connectivity index (χ2n) is 6.42. The van der Waals surface area contributed by atoms with Crippen molar-refractivity contribution in [2.45, 2.75) is 73.0 Å². The monoisotopic (exact) mass is 505 g/mol. The van der Waals surface area contributed by atoms with E-state index in [-0.39, 0.29) is 5.92 Å². The molecule has 7 heteroatoms. The molecule has 166 valence electrons. The minimum atomic E-state index is -1.64. The van der Waals surface area contributed by atoms with E-state index >= 15 is 0 Å². The Kier molecular flexibility index (Phi) is 17.6. The summed E-state index contributed by atoms with van der Waals surface area (Å²) in [5.74, 6) is -0.678. The van der Waals surface area contributed by atoms with Crippen LogP contribution in [0.5, 0.6) is 0 Å². The maximum atomic E-state index is 12.7. The molecule has 4 nitrogen and oxygen atoms in total. The van der Waals surface area contributed by atoms with Crippen LogP contribution in [0.3, 0.4) is 0 Å². The molecule has 0 aliphatic carbocycles. The highest BCUT2D eigenvalue weighted by Gasteiger charge is 2.32. The first-order valence-corrected chi connectivity index (χ1v) is 12.3. The lowest BCUT2D eigenvalue weighted by Crippen LogP contribution is -2.45. The molecular weight excluding hydrogens is 470 g/mol. The van der Waals surface area contributed by atoms with E-state index < -0.39 is 28.6 Å². The number of esters is 1. The predicted molar refractivity (Wildman–Crippen MR) is 134 cm³/mol. The number of ether oxygens (including phenoxy) is 1. The summed E-state index contributed by atoms with van der Waals surface area (Å²) < 4.78 is 21.1. The standard InChI is InChI=1S/C18H24BrNO3S2.2C2H6/c1-13(14-9-6-5-7-10-14)16(17(21)23-18(2,3)4)20-25(22)15(24)11-8-12-19;2*1-2/h5-13,16,20,24H,1-4H3;2*1-2H3/b12-8+,15-11+;;. The Morgan fingerprint density at radius 1 is 1.17 bits per heavy atom. The molecule has 0 radical (unpaired) electrons. The molecule has 1 N–H and O–H groups in total. The maximum Gasteiger partial charge on any atom is 0.325 e. The molecule has 0 aliphatic heterocycles. The van der Waals surface area contributed by atoms with Gasteiger partial charge in [0.15, 0.2) is 0 Å². The van der Waals surface area contributed by atoms with Crippen molar-refractivity contribution in [3.05, 3.63) is 57.3 Å². The highest BCUT2D eigenvalue weighted by molar-refractivity contribution is 9.11. The molecule has 0 bridgehead atoms. The zero-order valence-electron chi connectivity index (χ0n) is 18.7. The Hall–Kier alpha value is -0.890. The van der Waals surface area contributed by atoms with Gasteiger partial charge >= 0.3 is 5.97 Å². The van der Waals surface area contributed by atoms with Crippen LogP contribution < -0.4 is 4.72 Å². The third-order valence-electron chi connectivity index (χ3n) is 3.22. The van der Waals surface area contributed by atoms with Crippen LogP contribution in [0.4, 0.5) is 0 Å². The Bertz CT molecular complexity index is 656. The zero-order valence-corrected chi connectivity index (χ0v) is 22.0. The first kappa shape index (κ1) is 30.3. The Morgan fingerprint density at radius 2 is 1.69 bits per heavy atom. The van der Waals surface area contributed by atoms with E-state index in [1.54, 1.807) is 37.9 Å². The number of hydrogen-bond acceptors (Lipinski definition) is 4. The van der Waals surface area contributed by atoms with Crippen LogP contribution in [-0.4, -0.2) is 21.8 Å². The van der Waals surface area contributed by atoms with Crippen LogP contribution in [-0.2, 0) is 20.5 Å². The second kappa shape index (κ2) is 16.9. The van der Waals surface area contributed by atoms with E-state index in [9.17, 15) is 9.00 Å². The fraction of sp³-hybridized carbons (Fsp3) is 0.500. The third-order valence-corrected chi connectivity index (χ3v) is 5.16. The molecule has 3 unspecified atom stereocenters. The van der Waals surface area contributed by atoms with Gasteiger partial charge in [-0.15, -0.1) is 12.6 Å². The quantitative estimate of drug-likeness (QED) is 0.253. The van der Waals surface area contributed by atoms with Crippen molar-refractivity contribution < 1.29 is 13.7 Å². The number of halogens is 1. The number of carbonyl (C=O) groups is 1. The Balaban J connectivity index is 0. The normalized spacial score (nSPS) is 14.6.